The van der Waals surface area contributed by atoms with Crippen LogP contribution in [0.3, 0.4) is 0 Å². The lowest BCUT2D eigenvalue weighted by Crippen LogP contribution is -2.43. The number of rotatable bonds is 3. The molecule has 20 heavy (non-hydrogen) atoms. The van der Waals surface area contributed by atoms with Gasteiger partial charge in [-0.1, -0.05) is 38.7 Å². The molecule has 1 aromatic carbocycles. The zero-order chi connectivity index (χ0) is 15.2. The van der Waals surface area contributed by atoms with Crippen LogP contribution >= 0.6 is 0 Å². The van der Waals surface area contributed by atoms with E-state index in [0.29, 0.717) is 0 Å². The van der Waals surface area contributed by atoms with E-state index < -0.39 is 8.32 Å². The van der Waals surface area contributed by atoms with Crippen LogP contribution in [0, 0.1) is 11.8 Å². The minimum absolute atomic E-state index is 0.0218. The van der Waals surface area contributed by atoms with Crippen LogP contribution in [-0.2, 0) is 0 Å². The molecule has 0 saturated carbocycles. The molecule has 0 bridgehead atoms. The van der Waals surface area contributed by atoms with Crippen LogP contribution in [0.15, 0.2) is 36.4 Å². The maximum Gasteiger partial charge on any atom is 0.250 e. The van der Waals surface area contributed by atoms with Crippen molar-refractivity contribution in [1.29, 1.82) is 0 Å². The highest BCUT2D eigenvalue weighted by Crippen LogP contribution is 2.37. The number of hydrogen-bond donors (Lipinski definition) is 1. The van der Waals surface area contributed by atoms with Crippen molar-refractivity contribution < 1.29 is 9.53 Å². The molecule has 0 saturated heterocycles. The van der Waals surface area contributed by atoms with E-state index in [1.165, 1.54) is 0 Å². The molecule has 1 rings (SSSR count). The van der Waals surface area contributed by atoms with Crippen LogP contribution in [0.5, 0.6) is 5.75 Å². The van der Waals surface area contributed by atoms with Crippen LogP contribution in [0.25, 0.3) is 0 Å². The van der Waals surface area contributed by atoms with Crippen molar-refractivity contribution in [1.82, 2.24) is 0 Å². The fourth-order valence-electron chi connectivity index (χ4n) is 1.29. The van der Waals surface area contributed by atoms with Crippen molar-refractivity contribution in [2.24, 2.45) is 0 Å². The summed E-state index contributed by atoms with van der Waals surface area (Å²) in [7, 11) is -1.77. The maximum absolute atomic E-state index is 8.61. The minimum Gasteiger partial charge on any atom is -0.544 e. The fourth-order valence-corrected chi connectivity index (χ4v) is 2.32. The molecule has 0 spiro atoms. The quantitative estimate of drug-likeness (QED) is 0.673. The molecule has 108 valence electrons. The lowest BCUT2D eigenvalue weighted by atomic mass is 10.2. The molecule has 0 unspecified atom stereocenters. The van der Waals surface area contributed by atoms with Gasteiger partial charge < -0.3 is 9.53 Å². The van der Waals surface area contributed by atoms with Gasteiger partial charge >= 0.3 is 0 Å². The molecule has 1 aromatic rings. The smallest absolute Gasteiger partial charge is 0.250 e. The molecule has 0 radical (unpaired) electrons. The molecule has 0 heterocycles. The molecule has 0 aliphatic carbocycles. The fraction of sp³-hybridized carbons (Fsp3) is 0.412. The van der Waals surface area contributed by atoms with Gasteiger partial charge in [-0.25, -0.2) is 0 Å². The number of hydrogen-bond acceptors (Lipinski definition) is 2. The number of benzene rings is 1. The zero-order valence-electron chi connectivity index (χ0n) is 13.0. The minimum atomic E-state index is -1.77. The first-order chi connectivity index (χ1) is 9.26. The van der Waals surface area contributed by atoms with E-state index in [1.807, 2.05) is 24.3 Å². The van der Waals surface area contributed by atoms with Crippen LogP contribution in [-0.4, -0.2) is 20.0 Å². The van der Waals surface area contributed by atoms with Crippen molar-refractivity contribution in [2.45, 2.75) is 38.9 Å². The SMILES string of the molecule is CC(C)(C)[Si](C)(C)Oc1ccc(C#C/C=C/CO)cc1. The summed E-state index contributed by atoms with van der Waals surface area (Å²) in [4.78, 5) is 0. The topological polar surface area (TPSA) is 29.5 Å². The predicted octanol–water partition coefficient (Wildman–Crippen LogP) is 3.97. The first-order valence-electron chi connectivity index (χ1n) is 6.83. The molecule has 0 fully saturated rings. The summed E-state index contributed by atoms with van der Waals surface area (Å²) in [5.74, 6) is 6.79. The molecule has 0 amide bonds. The summed E-state index contributed by atoms with van der Waals surface area (Å²) in [5.41, 5.74) is 0.940. The van der Waals surface area contributed by atoms with Crippen molar-refractivity contribution >= 4 is 8.32 Å². The van der Waals surface area contributed by atoms with Gasteiger partial charge in [0.2, 0.25) is 8.32 Å². The van der Waals surface area contributed by atoms with E-state index >= 15 is 0 Å². The van der Waals surface area contributed by atoms with Gasteiger partial charge in [-0.3, -0.25) is 0 Å². The van der Waals surface area contributed by atoms with Crippen molar-refractivity contribution in [3.63, 3.8) is 0 Å². The second-order valence-corrected chi connectivity index (χ2v) is 11.0. The van der Waals surface area contributed by atoms with Crippen LogP contribution in [0.1, 0.15) is 26.3 Å². The molecule has 3 heteroatoms. The van der Waals surface area contributed by atoms with Crippen molar-refractivity contribution in [3.05, 3.63) is 42.0 Å². The third-order valence-corrected chi connectivity index (χ3v) is 7.91. The molecule has 1 N–H and O–H groups in total. The van der Waals surface area contributed by atoms with Crippen molar-refractivity contribution in [3.8, 4) is 17.6 Å². The summed E-state index contributed by atoms with van der Waals surface area (Å²) in [5, 5.41) is 8.80. The summed E-state index contributed by atoms with van der Waals surface area (Å²) in [6, 6.07) is 7.87. The summed E-state index contributed by atoms with van der Waals surface area (Å²) < 4.78 is 6.21. The van der Waals surface area contributed by atoms with Gasteiger partial charge in [0.25, 0.3) is 0 Å². The highest BCUT2D eigenvalue weighted by atomic mass is 28.4. The zero-order valence-corrected chi connectivity index (χ0v) is 14.0. The lowest BCUT2D eigenvalue weighted by molar-refractivity contribution is 0.343. The van der Waals surface area contributed by atoms with E-state index in [1.54, 1.807) is 12.2 Å². The third-order valence-electron chi connectivity index (χ3n) is 3.56. The van der Waals surface area contributed by atoms with E-state index in [9.17, 15) is 0 Å². The van der Waals surface area contributed by atoms with Gasteiger partial charge in [0.1, 0.15) is 5.75 Å². The molecule has 0 aromatic heterocycles. The van der Waals surface area contributed by atoms with E-state index in [0.717, 1.165) is 11.3 Å². The first-order valence-corrected chi connectivity index (χ1v) is 9.73. The summed E-state index contributed by atoms with van der Waals surface area (Å²) in [6.07, 6.45) is 3.27. The van der Waals surface area contributed by atoms with Crippen molar-refractivity contribution in [2.75, 3.05) is 6.61 Å². The molecule has 0 atom stereocenters. The maximum atomic E-state index is 8.61. The Labute approximate surface area is 123 Å². The van der Waals surface area contributed by atoms with E-state index in [-0.39, 0.29) is 11.6 Å². The van der Waals surface area contributed by atoms with Gasteiger partial charge in [0, 0.05) is 5.56 Å². The monoisotopic (exact) mass is 288 g/mol. The second-order valence-electron chi connectivity index (χ2n) is 6.24. The van der Waals surface area contributed by atoms with Crippen LogP contribution in [0.2, 0.25) is 18.1 Å². The van der Waals surface area contributed by atoms with Gasteiger partial charge in [-0.15, -0.1) is 0 Å². The predicted molar refractivity (Wildman–Crippen MR) is 87.4 cm³/mol. The summed E-state index contributed by atoms with van der Waals surface area (Å²) >= 11 is 0. The Morgan fingerprint density at radius 3 is 2.30 bits per heavy atom. The van der Waals surface area contributed by atoms with E-state index in [4.69, 9.17) is 9.53 Å². The van der Waals surface area contributed by atoms with E-state index in [2.05, 4.69) is 45.7 Å². The molecular formula is C17H24O2Si. The molecule has 2 nitrogen and oxygen atoms in total. The average molecular weight is 288 g/mol. The highest BCUT2D eigenvalue weighted by Gasteiger charge is 2.38. The second kappa shape index (κ2) is 6.78. The van der Waals surface area contributed by atoms with Crippen LogP contribution < -0.4 is 4.43 Å². The Morgan fingerprint density at radius 1 is 1.20 bits per heavy atom. The van der Waals surface area contributed by atoms with Gasteiger partial charge in [0.15, 0.2) is 0 Å². The Bertz CT molecular complexity index is 511. The van der Waals surface area contributed by atoms with Crippen LogP contribution in [0.4, 0.5) is 0 Å². The normalized spacial score (nSPS) is 12.1. The Kier molecular flexibility index (Phi) is 5.61. The van der Waals surface area contributed by atoms with Gasteiger partial charge in [-0.05, 0) is 48.5 Å². The molecular weight excluding hydrogens is 264 g/mol. The Morgan fingerprint density at radius 2 is 1.80 bits per heavy atom. The van der Waals surface area contributed by atoms with Gasteiger partial charge in [-0.2, -0.15) is 0 Å². The Hall–Kier alpha value is -1.50. The lowest BCUT2D eigenvalue weighted by Gasteiger charge is -2.36. The third kappa shape index (κ3) is 4.88. The van der Waals surface area contributed by atoms with Gasteiger partial charge in [0.05, 0.1) is 6.61 Å². The Balaban J connectivity index is 2.77. The molecule has 0 aliphatic heterocycles. The standard InChI is InChI=1S/C17H24O2Si/c1-17(2,3)20(4,5)19-16-12-10-15(11-13-16)9-7-6-8-14-18/h6,8,10-13,18H,14H2,1-5H3/b8-6+. The number of allylic oxidation sites excluding steroid dienone is 1. The number of aliphatic hydroxyl groups is 1. The first kappa shape index (κ1) is 16.6. The molecule has 0 aliphatic rings. The highest BCUT2D eigenvalue weighted by molar-refractivity contribution is 6.74. The largest absolute Gasteiger partial charge is 0.544 e. The summed E-state index contributed by atoms with van der Waals surface area (Å²) in [6.45, 7) is 11.2. The average Bonchev–Trinajstić information content (AvgIpc) is 2.35. The number of aliphatic hydroxyl groups excluding tert-OH is 1.